The lowest BCUT2D eigenvalue weighted by atomic mass is 9.74. The number of hydrogen-bond donors (Lipinski definition) is 0. The Morgan fingerprint density at radius 2 is 1.83 bits per heavy atom. The Hall–Kier alpha value is -2.50. The van der Waals surface area contributed by atoms with Crippen LogP contribution in [0.15, 0.2) is 35.6 Å². The van der Waals surface area contributed by atoms with Crippen LogP contribution < -0.4 is 4.90 Å². The molecule has 5 nitrogen and oxygen atoms in total. The SMILES string of the molecule is CC1(C)CC(=O)C2=C(C1)O[C@@H]1C(=O)N(c3ccccc3F)C(=O)[C@H]21. The highest BCUT2D eigenvalue weighted by molar-refractivity contribution is 6.26. The van der Waals surface area contributed by atoms with Crippen LogP contribution in [0.25, 0.3) is 0 Å². The van der Waals surface area contributed by atoms with E-state index >= 15 is 0 Å². The molecule has 0 spiro atoms. The number of carbonyl (C=O) groups is 3. The van der Waals surface area contributed by atoms with Crippen molar-refractivity contribution < 1.29 is 23.5 Å². The van der Waals surface area contributed by atoms with Crippen LogP contribution in [0.2, 0.25) is 0 Å². The molecule has 2 aliphatic heterocycles. The highest BCUT2D eigenvalue weighted by atomic mass is 19.1. The lowest BCUT2D eigenvalue weighted by Gasteiger charge is -2.29. The molecule has 6 heteroatoms. The Bertz CT molecular complexity index is 826. The number of hydrogen-bond acceptors (Lipinski definition) is 4. The molecule has 0 aromatic heterocycles. The molecule has 124 valence electrons. The lowest BCUT2D eigenvalue weighted by molar-refractivity contribution is -0.126. The highest BCUT2D eigenvalue weighted by Crippen LogP contribution is 2.48. The summed E-state index contributed by atoms with van der Waals surface area (Å²) in [5.74, 6) is -2.53. The van der Waals surface area contributed by atoms with Gasteiger partial charge in [-0.15, -0.1) is 0 Å². The molecular formula is C18H16FNO4. The van der Waals surface area contributed by atoms with Gasteiger partial charge in [-0.25, -0.2) is 9.29 Å². The van der Waals surface area contributed by atoms with Crippen molar-refractivity contribution in [1.82, 2.24) is 0 Å². The molecule has 24 heavy (non-hydrogen) atoms. The van der Waals surface area contributed by atoms with E-state index in [4.69, 9.17) is 4.74 Å². The molecule has 1 aromatic rings. The number of rotatable bonds is 1. The first-order valence-electron chi connectivity index (χ1n) is 7.85. The van der Waals surface area contributed by atoms with Crippen molar-refractivity contribution in [3.05, 3.63) is 41.4 Å². The summed E-state index contributed by atoms with van der Waals surface area (Å²) >= 11 is 0. The number of halogens is 1. The quantitative estimate of drug-likeness (QED) is 0.742. The first kappa shape index (κ1) is 15.1. The van der Waals surface area contributed by atoms with Gasteiger partial charge in [0.1, 0.15) is 17.5 Å². The van der Waals surface area contributed by atoms with Crippen molar-refractivity contribution in [2.24, 2.45) is 11.3 Å². The number of amides is 2. The van der Waals surface area contributed by atoms with Crippen molar-refractivity contribution in [1.29, 1.82) is 0 Å². The third kappa shape index (κ3) is 1.95. The van der Waals surface area contributed by atoms with Crippen LogP contribution in [0.1, 0.15) is 26.7 Å². The number of imide groups is 1. The summed E-state index contributed by atoms with van der Waals surface area (Å²) < 4.78 is 19.7. The van der Waals surface area contributed by atoms with Gasteiger partial charge in [0.2, 0.25) is 5.91 Å². The van der Waals surface area contributed by atoms with Gasteiger partial charge >= 0.3 is 0 Å². The molecule has 0 bridgehead atoms. The van der Waals surface area contributed by atoms with Crippen molar-refractivity contribution >= 4 is 23.3 Å². The Morgan fingerprint density at radius 1 is 1.12 bits per heavy atom. The van der Waals surface area contributed by atoms with Gasteiger partial charge in [-0.2, -0.15) is 0 Å². The van der Waals surface area contributed by atoms with E-state index in [0.717, 1.165) is 4.90 Å². The van der Waals surface area contributed by atoms with Crippen molar-refractivity contribution in [3.63, 3.8) is 0 Å². The van der Waals surface area contributed by atoms with Crippen molar-refractivity contribution in [2.75, 3.05) is 4.90 Å². The number of ketones is 1. The average Bonchev–Trinajstić information content (AvgIpc) is 2.96. The highest BCUT2D eigenvalue weighted by Gasteiger charge is 2.59. The summed E-state index contributed by atoms with van der Waals surface area (Å²) in [4.78, 5) is 38.7. The number of nitrogens with zero attached hydrogens (tertiary/aromatic N) is 1. The van der Waals surface area contributed by atoms with E-state index in [1.54, 1.807) is 6.07 Å². The van der Waals surface area contributed by atoms with E-state index in [-0.39, 0.29) is 16.9 Å². The summed E-state index contributed by atoms with van der Waals surface area (Å²) in [5, 5.41) is 0. The predicted octanol–water partition coefficient (Wildman–Crippen LogP) is 2.36. The van der Waals surface area contributed by atoms with Gasteiger partial charge in [-0.1, -0.05) is 26.0 Å². The molecule has 0 radical (unpaired) electrons. The number of anilines is 1. The summed E-state index contributed by atoms with van der Waals surface area (Å²) in [6.07, 6.45) is -0.235. The molecule has 0 saturated carbocycles. The van der Waals surface area contributed by atoms with E-state index in [1.807, 2.05) is 13.8 Å². The zero-order valence-electron chi connectivity index (χ0n) is 13.3. The predicted molar refractivity (Wildman–Crippen MR) is 82.3 cm³/mol. The molecular weight excluding hydrogens is 313 g/mol. The van der Waals surface area contributed by atoms with Gasteiger partial charge in [0.15, 0.2) is 11.9 Å². The second kappa shape index (κ2) is 4.75. The van der Waals surface area contributed by atoms with Crippen LogP contribution in [-0.4, -0.2) is 23.7 Å². The first-order chi connectivity index (χ1) is 11.3. The molecule has 1 fully saturated rings. The minimum atomic E-state index is -1.06. The fraction of sp³-hybridized carbons (Fsp3) is 0.389. The van der Waals surface area contributed by atoms with E-state index < -0.39 is 29.7 Å². The Balaban J connectivity index is 1.76. The lowest BCUT2D eigenvalue weighted by Crippen LogP contribution is -2.35. The summed E-state index contributed by atoms with van der Waals surface area (Å²) in [5.41, 5.74) is -0.0564. The summed E-state index contributed by atoms with van der Waals surface area (Å²) in [6.45, 7) is 3.89. The molecule has 2 heterocycles. The minimum absolute atomic E-state index is 0.101. The van der Waals surface area contributed by atoms with Gasteiger partial charge in [0.25, 0.3) is 5.91 Å². The number of para-hydroxylation sites is 1. The van der Waals surface area contributed by atoms with Crippen LogP contribution in [0.5, 0.6) is 0 Å². The molecule has 1 saturated heterocycles. The Kier molecular flexibility index (Phi) is 2.98. The van der Waals surface area contributed by atoms with Crippen molar-refractivity contribution in [2.45, 2.75) is 32.8 Å². The molecule has 0 N–H and O–H groups in total. The van der Waals surface area contributed by atoms with Gasteiger partial charge in [-0.3, -0.25) is 14.4 Å². The maximum Gasteiger partial charge on any atom is 0.276 e. The maximum absolute atomic E-state index is 14.0. The minimum Gasteiger partial charge on any atom is -0.483 e. The fourth-order valence-electron chi connectivity index (χ4n) is 3.79. The third-order valence-corrected chi connectivity index (χ3v) is 4.81. The molecule has 1 aliphatic carbocycles. The van der Waals surface area contributed by atoms with Gasteiger partial charge < -0.3 is 4.74 Å². The van der Waals surface area contributed by atoms with Crippen LogP contribution in [0.4, 0.5) is 10.1 Å². The average molecular weight is 329 g/mol. The molecule has 3 aliphatic rings. The second-order valence-corrected chi connectivity index (χ2v) is 7.26. The first-order valence-corrected chi connectivity index (χ1v) is 7.85. The summed E-state index contributed by atoms with van der Waals surface area (Å²) in [7, 11) is 0. The largest absolute Gasteiger partial charge is 0.483 e. The summed E-state index contributed by atoms with van der Waals surface area (Å²) in [6, 6.07) is 5.58. The molecule has 2 amide bonds. The van der Waals surface area contributed by atoms with Crippen LogP contribution in [0.3, 0.4) is 0 Å². The van der Waals surface area contributed by atoms with E-state index in [0.29, 0.717) is 24.2 Å². The molecule has 4 rings (SSSR count). The topological polar surface area (TPSA) is 63.7 Å². The molecule has 1 aromatic carbocycles. The van der Waals surface area contributed by atoms with Crippen LogP contribution >= 0.6 is 0 Å². The fourth-order valence-corrected chi connectivity index (χ4v) is 3.79. The van der Waals surface area contributed by atoms with Crippen LogP contribution in [0, 0.1) is 17.2 Å². The third-order valence-electron chi connectivity index (χ3n) is 4.81. The number of benzene rings is 1. The van der Waals surface area contributed by atoms with E-state index in [2.05, 4.69) is 0 Å². The smallest absolute Gasteiger partial charge is 0.276 e. The monoisotopic (exact) mass is 329 g/mol. The van der Waals surface area contributed by atoms with Gasteiger partial charge in [-0.05, 0) is 17.5 Å². The molecule has 0 unspecified atom stereocenters. The zero-order valence-corrected chi connectivity index (χ0v) is 13.3. The van der Waals surface area contributed by atoms with Crippen molar-refractivity contribution in [3.8, 4) is 0 Å². The van der Waals surface area contributed by atoms with Gasteiger partial charge in [0, 0.05) is 18.4 Å². The number of fused-ring (bicyclic) bond motifs is 2. The standard InChI is InChI=1S/C18H16FNO4/c1-18(2)7-11(21)13-12(8-18)24-15-14(13)16(22)20(17(15)23)10-6-4-3-5-9(10)19/h3-6,14-15H,7-8H2,1-2H3/t14-,15+/m1/s1. The normalized spacial score (nSPS) is 28.1. The number of allylic oxidation sites excluding steroid dienone is 1. The van der Waals surface area contributed by atoms with E-state index in [1.165, 1.54) is 18.2 Å². The number of carbonyl (C=O) groups excluding carboxylic acids is 3. The Labute approximate surface area is 138 Å². The maximum atomic E-state index is 14.0. The number of Topliss-reactive ketones (excluding diaryl/α,β-unsaturated/α-hetero) is 1. The van der Waals surface area contributed by atoms with Gasteiger partial charge in [0.05, 0.1) is 5.69 Å². The zero-order chi connectivity index (χ0) is 17.2. The second-order valence-electron chi connectivity index (χ2n) is 7.26. The Morgan fingerprint density at radius 3 is 2.54 bits per heavy atom. The number of ether oxygens (including phenoxy) is 1. The molecule has 2 atom stereocenters. The van der Waals surface area contributed by atoms with E-state index in [9.17, 15) is 18.8 Å². The van der Waals surface area contributed by atoms with Crippen LogP contribution in [-0.2, 0) is 19.1 Å².